The second-order valence-corrected chi connectivity index (χ2v) is 5.24. The summed E-state index contributed by atoms with van der Waals surface area (Å²) < 4.78 is 26.4. The topological polar surface area (TPSA) is 30.0 Å². The van der Waals surface area contributed by atoms with Crippen LogP contribution in [0.2, 0.25) is 5.15 Å². The van der Waals surface area contributed by atoms with Crippen molar-refractivity contribution in [2.75, 3.05) is 0 Å². The van der Waals surface area contributed by atoms with E-state index >= 15 is 0 Å². The standard InChI is InChI=1S/C18H10ClF2NO/c19-18-12(9-11-3-1-2-4-16(11)22-18)5-8-17(23)14-7-6-13(20)10-15(14)21/h1-10H/b8-5+. The molecule has 0 aliphatic carbocycles. The van der Waals surface area contributed by atoms with Gasteiger partial charge >= 0.3 is 0 Å². The zero-order chi connectivity index (χ0) is 16.4. The van der Waals surface area contributed by atoms with Crippen molar-refractivity contribution in [1.82, 2.24) is 4.98 Å². The Kier molecular flexibility index (Phi) is 4.17. The van der Waals surface area contributed by atoms with Crippen LogP contribution in [-0.2, 0) is 0 Å². The van der Waals surface area contributed by atoms with E-state index < -0.39 is 17.4 Å². The number of carbonyl (C=O) groups is 1. The predicted molar refractivity (Wildman–Crippen MR) is 86.5 cm³/mol. The van der Waals surface area contributed by atoms with Gasteiger partial charge in [-0.3, -0.25) is 4.79 Å². The van der Waals surface area contributed by atoms with E-state index in [1.165, 1.54) is 12.2 Å². The van der Waals surface area contributed by atoms with E-state index in [0.29, 0.717) is 11.6 Å². The molecule has 5 heteroatoms. The van der Waals surface area contributed by atoms with Gasteiger partial charge in [0.1, 0.15) is 16.8 Å². The first-order valence-electron chi connectivity index (χ1n) is 6.77. The number of halogens is 3. The van der Waals surface area contributed by atoms with Crippen molar-refractivity contribution >= 4 is 34.4 Å². The number of rotatable bonds is 3. The molecular formula is C18H10ClF2NO. The molecule has 3 aromatic rings. The minimum atomic E-state index is -0.901. The zero-order valence-corrected chi connectivity index (χ0v) is 12.5. The Morgan fingerprint density at radius 1 is 1.09 bits per heavy atom. The van der Waals surface area contributed by atoms with E-state index in [9.17, 15) is 13.6 Å². The summed E-state index contributed by atoms with van der Waals surface area (Å²) in [4.78, 5) is 16.2. The average molecular weight is 330 g/mol. The number of fused-ring (bicyclic) bond motifs is 1. The third-order valence-electron chi connectivity index (χ3n) is 3.32. The number of para-hydroxylation sites is 1. The maximum atomic E-state index is 13.6. The summed E-state index contributed by atoms with van der Waals surface area (Å²) in [6, 6.07) is 12.0. The van der Waals surface area contributed by atoms with E-state index in [-0.39, 0.29) is 10.7 Å². The van der Waals surface area contributed by atoms with Gasteiger partial charge in [0.25, 0.3) is 0 Å². The van der Waals surface area contributed by atoms with E-state index in [2.05, 4.69) is 4.98 Å². The number of allylic oxidation sites excluding steroid dienone is 1. The fourth-order valence-corrected chi connectivity index (χ4v) is 2.38. The van der Waals surface area contributed by atoms with Gasteiger partial charge in [-0.05, 0) is 36.4 Å². The van der Waals surface area contributed by atoms with Gasteiger partial charge in [0.2, 0.25) is 0 Å². The van der Waals surface area contributed by atoms with Crippen molar-refractivity contribution in [1.29, 1.82) is 0 Å². The lowest BCUT2D eigenvalue weighted by Crippen LogP contribution is -1.99. The Morgan fingerprint density at radius 3 is 2.65 bits per heavy atom. The molecule has 0 aliphatic rings. The van der Waals surface area contributed by atoms with Crippen LogP contribution in [0.4, 0.5) is 8.78 Å². The van der Waals surface area contributed by atoms with Crippen LogP contribution in [0.3, 0.4) is 0 Å². The van der Waals surface area contributed by atoms with Crippen LogP contribution in [0, 0.1) is 11.6 Å². The number of aromatic nitrogens is 1. The third kappa shape index (κ3) is 3.27. The molecule has 0 radical (unpaired) electrons. The highest BCUT2D eigenvalue weighted by atomic mass is 35.5. The molecule has 0 saturated heterocycles. The first-order valence-corrected chi connectivity index (χ1v) is 7.15. The molecule has 23 heavy (non-hydrogen) atoms. The molecule has 2 aromatic carbocycles. The first-order chi connectivity index (χ1) is 11.0. The van der Waals surface area contributed by atoms with Crippen LogP contribution in [0.1, 0.15) is 15.9 Å². The Hall–Kier alpha value is -2.59. The number of hydrogen-bond donors (Lipinski definition) is 0. The van der Waals surface area contributed by atoms with Crippen molar-refractivity contribution in [3.8, 4) is 0 Å². The van der Waals surface area contributed by atoms with Crippen LogP contribution < -0.4 is 0 Å². The summed E-state index contributed by atoms with van der Waals surface area (Å²) in [5.41, 5.74) is 1.08. The Morgan fingerprint density at radius 2 is 1.87 bits per heavy atom. The normalized spacial score (nSPS) is 11.3. The number of hydrogen-bond acceptors (Lipinski definition) is 2. The molecule has 0 bridgehead atoms. The maximum Gasteiger partial charge on any atom is 0.188 e. The Balaban J connectivity index is 1.93. The molecular weight excluding hydrogens is 320 g/mol. The molecule has 0 saturated carbocycles. The minimum Gasteiger partial charge on any atom is -0.289 e. The molecule has 0 aliphatic heterocycles. The molecule has 0 atom stereocenters. The largest absolute Gasteiger partial charge is 0.289 e. The van der Waals surface area contributed by atoms with Gasteiger partial charge in [0.15, 0.2) is 5.78 Å². The zero-order valence-electron chi connectivity index (χ0n) is 11.8. The van der Waals surface area contributed by atoms with Gasteiger partial charge < -0.3 is 0 Å². The van der Waals surface area contributed by atoms with Crippen molar-refractivity contribution in [3.63, 3.8) is 0 Å². The summed E-state index contributed by atoms with van der Waals surface area (Å²) >= 11 is 6.09. The second-order valence-electron chi connectivity index (χ2n) is 4.88. The SMILES string of the molecule is O=C(/C=C/c1cc2ccccc2nc1Cl)c1ccc(F)cc1F. The molecule has 0 fully saturated rings. The summed E-state index contributed by atoms with van der Waals surface area (Å²) in [5, 5.41) is 1.12. The van der Waals surface area contributed by atoms with Crippen LogP contribution >= 0.6 is 11.6 Å². The van der Waals surface area contributed by atoms with Crippen LogP contribution in [0.5, 0.6) is 0 Å². The van der Waals surface area contributed by atoms with Crippen molar-refractivity contribution in [3.05, 3.63) is 82.5 Å². The second kappa shape index (κ2) is 6.26. The highest BCUT2D eigenvalue weighted by molar-refractivity contribution is 6.31. The maximum absolute atomic E-state index is 13.6. The molecule has 2 nitrogen and oxygen atoms in total. The lowest BCUT2D eigenvalue weighted by Gasteiger charge is -2.02. The Bertz CT molecular complexity index is 937. The number of pyridine rings is 1. The van der Waals surface area contributed by atoms with E-state index in [1.54, 1.807) is 6.07 Å². The fraction of sp³-hybridized carbons (Fsp3) is 0. The monoisotopic (exact) mass is 329 g/mol. The number of carbonyl (C=O) groups excluding carboxylic acids is 1. The molecule has 1 aromatic heterocycles. The number of benzene rings is 2. The van der Waals surface area contributed by atoms with Crippen molar-refractivity contribution < 1.29 is 13.6 Å². The third-order valence-corrected chi connectivity index (χ3v) is 3.62. The van der Waals surface area contributed by atoms with Crippen LogP contribution in [0.15, 0.2) is 54.6 Å². The predicted octanol–water partition coefficient (Wildman–Crippen LogP) is 5.06. The highest BCUT2D eigenvalue weighted by Crippen LogP contribution is 2.22. The molecule has 0 spiro atoms. The van der Waals surface area contributed by atoms with Gasteiger partial charge in [0.05, 0.1) is 11.1 Å². The molecule has 3 rings (SSSR count). The molecule has 1 heterocycles. The van der Waals surface area contributed by atoms with E-state index in [1.807, 2.05) is 24.3 Å². The lowest BCUT2D eigenvalue weighted by atomic mass is 10.1. The van der Waals surface area contributed by atoms with Gasteiger partial charge in [-0.25, -0.2) is 13.8 Å². The first kappa shape index (κ1) is 15.3. The van der Waals surface area contributed by atoms with E-state index in [0.717, 1.165) is 23.0 Å². The van der Waals surface area contributed by atoms with Gasteiger partial charge in [-0.1, -0.05) is 29.8 Å². The van der Waals surface area contributed by atoms with Gasteiger partial charge in [-0.2, -0.15) is 0 Å². The van der Waals surface area contributed by atoms with Crippen LogP contribution in [-0.4, -0.2) is 10.8 Å². The molecule has 0 N–H and O–H groups in total. The number of nitrogens with zero attached hydrogens (tertiary/aromatic N) is 1. The number of ketones is 1. The van der Waals surface area contributed by atoms with Crippen LogP contribution in [0.25, 0.3) is 17.0 Å². The van der Waals surface area contributed by atoms with Gasteiger partial charge in [-0.15, -0.1) is 0 Å². The summed E-state index contributed by atoms with van der Waals surface area (Å²) in [5.74, 6) is -2.21. The average Bonchev–Trinajstić information content (AvgIpc) is 2.52. The highest BCUT2D eigenvalue weighted by Gasteiger charge is 2.10. The summed E-state index contributed by atoms with van der Waals surface area (Å²) in [6.45, 7) is 0. The molecule has 0 unspecified atom stereocenters. The van der Waals surface area contributed by atoms with Crippen molar-refractivity contribution in [2.45, 2.75) is 0 Å². The Labute approximate surface area is 136 Å². The van der Waals surface area contributed by atoms with Gasteiger partial charge in [0, 0.05) is 17.0 Å². The minimum absolute atomic E-state index is 0.201. The quantitative estimate of drug-likeness (QED) is 0.382. The fourth-order valence-electron chi connectivity index (χ4n) is 2.17. The smallest absolute Gasteiger partial charge is 0.188 e. The summed E-state index contributed by atoms with van der Waals surface area (Å²) in [6.07, 6.45) is 2.65. The molecule has 0 amide bonds. The molecule has 114 valence electrons. The lowest BCUT2D eigenvalue weighted by molar-refractivity contribution is 0.104. The van der Waals surface area contributed by atoms with E-state index in [4.69, 9.17) is 11.6 Å². The summed E-state index contributed by atoms with van der Waals surface area (Å²) in [7, 11) is 0. The van der Waals surface area contributed by atoms with Crippen molar-refractivity contribution in [2.24, 2.45) is 0 Å².